The zero-order valence-corrected chi connectivity index (χ0v) is 17.4. The van der Waals surface area contributed by atoms with Gasteiger partial charge in [-0.15, -0.1) is 0 Å². The molecule has 1 saturated carbocycles. The molecular weight excluding hydrogens is 398 g/mol. The Hall–Kier alpha value is -1.76. The Morgan fingerprint density at radius 3 is 2.39 bits per heavy atom. The summed E-state index contributed by atoms with van der Waals surface area (Å²) >= 11 is 5.90. The Balaban J connectivity index is 1.60. The van der Waals surface area contributed by atoms with Crippen LogP contribution < -0.4 is 9.47 Å². The second-order valence-electron chi connectivity index (χ2n) is 7.34. The van der Waals surface area contributed by atoms with Crippen molar-refractivity contribution in [3.8, 4) is 11.5 Å². The summed E-state index contributed by atoms with van der Waals surface area (Å²) in [7, 11) is -1.93. The highest BCUT2D eigenvalue weighted by Crippen LogP contribution is 2.37. The first-order valence-corrected chi connectivity index (χ1v) is 11.4. The number of rotatable bonds is 5. The van der Waals surface area contributed by atoms with Crippen molar-refractivity contribution in [2.75, 3.05) is 13.7 Å². The van der Waals surface area contributed by atoms with Crippen LogP contribution in [0.1, 0.15) is 36.8 Å². The van der Waals surface area contributed by atoms with Crippen molar-refractivity contribution in [1.29, 1.82) is 0 Å². The molecule has 2 aromatic carbocycles. The fraction of sp³-hybridized carbons (Fsp3) is 0.429. The largest absolute Gasteiger partial charge is 0.493 e. The lowest BCUT2D eigenvalue weighted by atomic mass is 10.00. The Morgan fingerprint density at radius 2 is 1.71 bits per heavy atom. The zero-order valence-electron chi connectivity index (χ0n) is 15.9. The first kappa shape index (κ1) is 19.6. The number of hydrogen-bond donors (Lipinski definition) is 0. The number of methoxy groups -OCH3 is 1. The summed E-state index contributed by atoms with van der Waals surface area (Å²) in [6.45, 7) is 0.759. The lowest BCUT2D eigenvalue weighted by Gasteiger charge is -2.29. The van der Waals surface area contributed by atoms with Gasteiger partial charge in [-0.2, -0.15) is 4.31 Å². The Bertz CT molecular complexity index is 953. The van der Waals surface area contributed by atoms with E-state index in [0.717, 1.165) is 29.7 Å². The molecule has 5 nitrogen and oxygen atoms in total. The Labute approximate surface area is 171 Å². The molecule has 1 heterocycles. The minimum atomic E-state index is -3.57. The van der Waals surface area contributed by atoms with E-state index in [2.05, 4.69) is 0 Å². The average molecular weight is 422 g/mol. The van der Waals surface area contributed by atoms with E-state index in [4.69, 9.17) is 21.1 Å². The summed E-state index contributed by atoms with van der Waals surface area (Å²) in [5, 5.41) is 0.517. The van der Waals surface area contributed by atoms with Crippen molar-refractivity contribution < 1.29 is 17.9 Å². The molecule has 4 rings (SSSR count). The molecule has 0 spiro atoms. The molecule has 0 amide bonds. The SMILES string of the molecule is COc1cc2c(cc1OC1CCCC1)CN(S(=O)(=O)c1ccc(Cl)cc1)CC2. The van der Waals surface area contributed by atoms with Crippen LogP contribution in [-0.2, 0) is 23.0 Å². The van der Waals surface area contributed by atoms with Gasteiger partial charge >= 0.3 is 0 Å². The maximum absolute atomic E-state index is 13.0. The third-order valence-corrected chi connectivity index (χ3v) is 7.62. The maximum atomic E-state index is 13.0. The topological polar surface area (TPSA) is 55.8 Å². The fourth-order valence-corrected chi connectivity index (χ4v) is 5.48. The molecule has 1 aliphatic carbocycles. The lowest BCUT2D eigenvalue weighted by Crippen LogP contribution is -2.36. The van der Waals surface area contributed by atoms with Crippen LogP contribution in [0.4, 0.5) is 0 Å². The first-order chi connectivity index (χ1) is 13.5. The molecule has 150 valence electrons. The quantitative estimate of drug-likeness (QED) is 0.717. The van der Waals surface area contributed by atoms with E-state index in [1.54, 1.807) is 31.4 Å². The number of fused-ring (bicyclic) bond motifs is 1. The van der Waals surface area contributed by atoms with Gasteiger partial charge in [0.15, 0.2) is 11.5 Å². The van der Waals surface area contributed by atoms with Crippen molar-refractivity contribution in [2.24, 2.45) is 0 Å². The van der Waals surface area contributed by atoms with E-state index in [1.807, 2.05) is 12.1 Å². The first-order valence-electron chi connectivity index (χ1n) is 9.59. The van der Waals surface area contributed by atoms with Gasteiger partial charge in [0.25, 0.3) is 0 Å². The molecule has 0 atom stereocenters. The average Bonchev–Trinajstić information content (AvgIpc) is 3.20. The van der Waals surface area contributed by atoms with Crippen molar-refractivity contribution in [1.82, 2.24) is 4.31 Å². The van der Waals surface area contributed by atoms with Gasteiger partial charge in [0.05, 0.1) is 18.1 Å². The summed E-state index contributed by atoms with van der Waals surface area (Å²) in [5.74, 6) is 1.43. The number of ether oxygens (including phenoxy) is 2. The van der Waals surface area contributed by atoms with E-state index < -0.39 is 10.0 Å². The van der Waals surface area contributed by atoms with Crippen LogP contribution >= 0.6 is 11.6 Å². The lowest BCUT2D eigenvalue weighted by molar-refractivity contribution is 0.200. The third kappa shape index (κ3) is 3.86. The number of halogens is 1. The molecule has 7 heteroatoms. The molecule has 1 aliphatic heterocycles. The molecule has 1 fully saturated rings. The van der Waals surface area contributed by atoms with Gasteiger partial charge in [0, 0.05) is 18.1 Å². The summed E-state index contributed by atoms with van der Waals surface area (Å²) in [6.07, 6.45) is 5.33. The van der Waals surface area contributed by atoms with E-state index in [9.17, 15) is 8.42 Å². The second-order valence-corrected chi connectivity index (χ2v) is 9.71. The number of nitrogens with zero attached hydrogens (tertiary/aromatic N) is 1. The van der Waals surface area contributed by atoms with Gasteiger partial charge in [-0.1, -0.05) is 11.6 Å². The van der Waals surface area contributed by atoms with Gasteiger partial charge in [-0.05, 0) is 79.6 Å². The second kappa shape index (κ2) is 7.93. The van der Waals surface area contributed by atoms with Crippen LogP contribution in [0.25, 0.3) is 0 Å². The van der Waals surface area contributed by atoms with Crippen LogP contribution in [0.5, 0.6) is 11.5 Å². The Kier molecular flexibility index (Phi) is 5.54. The van der Waals surface area contributed by atoms with Crippen LogP contribution in [-0.4, -0.2) is 32.5 Å². The van der Waals surface area contributed by atoms with E-state index in [0.29, 0.717) is 30.3 Å². The molecule has 0 radical (unpaired) electrons. The molecule has 2 aromatic rings. The van der Waals surface area contributed by atoms with Crippen LogP contribution in [0.2, 0.25) is 5.02 Å². The summed E-state index contributed by atoms with van der Waals surface area (Å²) < 4.78 is 39.3. The van der Waals surface area contributed by atoms with E-state index >= 15 is 0 Å². The fourth-order valence-electron chi connectivity index (χ4n) is 3.94. The summed E-state index contributed by atoms with van der Waals surface area (Å²) in [6, 6.07) is 10.3. The van der Waals surface area contributed by atoms with Crippen LogP contribution in [0, 0.1) is 0 Å². The minimum absolute atomic E-state index is 0.212. The number of hydrogen-bond acceptors (Lipinski definition) is 4. The molecule has 0 bridgehead atoms. The molecule has 0 unspecified atom stereocenters. The zero-order chi connectivity index (χ0) is 19.7. The number of sulfonamides is 1. The summed E-state index contributed by atoms with van der Waals surface area (Å²) in [5.41, 5.74) is 2.08. The highest BCUT2D eigenvalue weighted by molar-refractivity contribution is 7.89. The van der Waals surface area contributed by atoms with Gasteiger partial charge in [0.1, 0.15) is 0 Å². The number of benzene rings is 2. The third-order valence-electron chi connectivity index (χ3n) is 5.51. The van der Waals surface area contributed by atoms with Crippen molar-refractivity contribution >= 4 is 21.6 Å². The van der Waals surface area contributed by atoms with Crippen molar-refractivity contribution in [3.63, 3.8) is 0 Å². The van der Waals surface area contributed by atoms with E-state index in [-0.39, 0.29) is 11.0 Å². The van der Waals surface area contributed by atoms with Gasteiger partial charge in [0.2, 0.25) is 10.0 Å². The molecule has 0 aromatic heterocycles. The van der Waals surface area contributed by atoms with Gasteiger partial charge < -0.3 is 9.47 Å². The molecular formula is C21H24ClNO4S. The standard InChI is InChI=1S/C21H24ClNO4S/c1-26-20-12-15-10-11-23(28(24,25)19-8-6-17(22)7-9-19)14-16(15)13-21(20)27-18-4-2-3-5-18/h6-9,12-13,18H,2-5,10-11,14H2,1H3. The molecule has 0 N–H and O–H groups in total. The normalized spacial score (nSPS) is 18.1. The molecule has 28 heavy (non-hydrogen) atoms. The monoisotopic (exact) mass is 421 g/mol. The molecule has 0 saturated heterocycles. The Morgan fingerprint density at radius 1 is 1.04 bits per heavy atom. The van der Waals surface area contributed by atoms with E-state index in [1.165, 1.54) is 17.1 Å². The predicted molar refractivity (Wildman–Crippen MR) is 109 cm³/mol. The highest BCUT2D eigenvalue weighted by atomic mass is 35.5. The highest BCUT2D eigenvalue weighted by Gasteiger charge is 2.30. The van der Waals surface area contributed by atoms with Crippen LogP contribution in [0.3, 0.4) is 0 Å². The smallest absolute Gasteiger partial charge is 0.243 e. The van der Waals surface area contributed by atoms with Gasteiger partial charge in [-0.3, -0.25) is 0 Å². The van der Waals surface area contributed by atoms with Gasteiger partial charge in [-0.25, -0.2) is 8.42 Å². The molecule has 2 aliphatic rings. The maximum Gasteiger partial charge on any atom is 0.243 e. The van der Waals surface area contributed by atoms with Crippen LogP contribution in [0.15, 0.2) is 41.3 Å². The van der Waals surface area contributed by atoms with Crippen molar-refractivity contribution in [2.45, 2.75) is 49.6 Å². The predicted octanol–water partition coefficient (Wildman–Crippen LogP) is 4.42. The van der Waals surface area contributed by atoms with Crippen molar-refractivity contribution in [3.05, 3.63) is 52.5 Å². The minimum Gasteiger partial charge on any atom is -0.493 e. The summed E-state index contributed by atoms with van der Waals surface area (Å²) in [4.78, 5) is 0.260.